The number of nitrogens with one attached hydrogen (secondary N) is 3. The lowest BCUT2D eigenvalue weighted by Gasteiger charge is -2.11. The maximum Gasteiger partial charge on any atom is 0.247 e. The number of anilines is 3. The average Bonchev–Trinajstić information content (AvgIpc) is 3.32. The Bertz CT molecular complexity index is 1270. The van der Waals surface area contributed by atoms with Gasteiger partial charge in [0.15, 0.2) is 0 Å². The number of amides is 1. The van der Waals surface area contributed by atoms with Crippen LogP contribution in [-0.2, 0) is 9.53 Å². The Kier molecular flexibility index (Phi) is 7.36. The van der Waals surface area contributed by atoms with Crippen molar-refractivity contribution in [3.05, 3.63) is 73.4 Å². The van der Waals surface area contributed by atoms with Gasteiger partial charge in [0.25, 0.3) is 0 Å². The molecule has 2 heterocycles. The lowest BCUT2D eigenvalue weighted by atomic mass is 10.3. The zero-order chi connectivity index (χ0) is 23.8. The van der Waals surface area contributed by atoms with Crippen LogP contribution < -0.4 is 20.1 Å². The predicted molar refractivity (Wildman–Crippen MR) is 131 cm³/mol. The molecule has 2 aromatic heterocycles. The number of fused-ring (bicyclic) bond motifs is 1. The number of carbonyl (C=O) groups is 1. The Labute approximate surface area is 196 Å². The summed E-state index contributed by atoms with van der Waals surface area (Å²) in [6.45, 7) is 7.12. The highest BCUT2D eigenvalue weighted by Crippen LogP contribution is 2.30. The van der Waals surface area contributed by atoms with Gasteiger partial charge in [-0.15, -0.1) is 0 Å². The summed E-state index contributed by atoms with van der Waals surface area (Å²) in [7, 11) is 0. The maximum absolute atomic E-state index is 11.6. The molecule has 0 saturated heterocycles. The number of benzene rings is 2. The van der Waals surface area contributed by atoms with E-state index < -0.39 is 0 Å². The van der Waals surface area contributed by atoms with Crippen molar-refractivity contribution in [2.24, 2.45) is 0 Å². The molecule has 1 amide bonds. The third kappa shape index (κ3) is 5.90. The van der Waals surface area contributed by atoms with Crippen LogP contribution in [0.1, 0.15) is 6.92 Å². The number of hydrogen-bond acceptors (Lipinski definition) is 7. The van der Waals surface area contributed by atoms with E-state index in [-0.39, 0.29) is 5.91 Å². The van der Waals surface area contributed by atoms with E-state index in [1.165, 1.54) is 6.08 Å². The van der Waals surface area contributed by atoms with Crippen molar-refractivity contribution in [2.75, 3.05) is 30.5 Å². The summed E-state index contributed by atoms with van der Waals surface area (Å²) >= 11 is 0. The van der Waals surface area contributed by atoms with E-state index >= 15 is 0 Å². The van der Waals surface area contributed by atoms with Crippen LogP contribution in [0.2, 0.25) is 0 Å². The molecule has 0 radical (unpaired) electrons. The van der Waals surface area contributed by atoms with Gasteiger partial charge in [0, 0.05) is 30.2 Å². The molecule has 9 nitrogen and oxygen atoms in total. The molecule has 4 aromatic rings. The fourth-order valence-corrected chi connectivity index (χ4v) is 3.12. The number of rotatable bonds is 11. The molecule has 0 saturated carbocycles. The highest BCUT2D eigenvalue weighted by molar-refractivity contribution is 5.99. The van der Waals surface area contributed by atoms with Gasteiger partial charge in [-0.1, -0.05) is 12.6 Å². The van der Waals surface area contributed by atoms with E-state index in [0.29, 0.717) is 48.7 Å². The molecule has 9 heteroatoms. The van der Waals surface area contributed by atoms with Gasteiger partial charge >= 0.3 is 0 Å². The number of H-pyrrole nitrogens is 1. The van der Waals surface area contributed by atoms with Gasteiger partial charge in [-0.05, 0) is 55.5 Å². The minimum Gasteiger partial charge on any atom is -0.491 e. The minimum absolute atomic E-state index is 0.301. The summed E-state index contributed by atoms with van der Waals surface area (Å²) in [6.07, 6.45) is 2.98. The molecule has 2 aromatic carbocycles. The third-order valence-corrected chi connectivity index (χ3v) is 4.69. The molecule has 0 bridgehead atoms. The summed E-state index contributed by atoms with van der Waals surface area (Å²) in [6, 6.07) is 16.4. The van der Waals surface area contributed by atoms with E-state index in [9.17, 15) is 4.79 Å². The molecule has 0 spiro atoms. The summed E-state index contributed by atoms with van der Waals surface area (Å²) in [4.78, 5) is 23.7. The van der Waals surface area contributed by atoms with E-state index in [2.05, 4.69) is 32.2 Å². The molecule has 0 fully saturated rings. The molecule has 0 aliphatic rings. The molecule has 34 heavy (non-hydrogen) atoms. The Morgan fingerprint density at radius 1 is 1.06 bits per heavy atom. The van der Waals surface area contributed by atoms with Crippen LogP contribution in [0.5, 0.6) is 17.4 Å². The first kappa shape index (κ1) is 22.8. The highest BCUT2D eigenvalue weighted by atomic mass is 16.5. The van der Waals surface area contributed by atoms with Gasteiger partial charge in [-0.25, -0.2) is 0 Å². The first-order valence-corrected chi connectivity index (χ1v) is 10.8. The number of ether oxygens (including phenoxy) is 3. The second-order valence-electron chi connectivity index (χ2n) is 7.11. The van der Waals surface area contributed by atoms with Crippen LogP contribution in [0.3, 0.4) is 0 Å². The molecule has 4 rings (SSSR count). The lowest BCUT2D eigenvalue weighted by molar-refractivity contribution is -0.111. The van der Waals surface area contributed by atoms with Gasteiger partial charge in [0.1, 0.15) is 23.8 Å². The first-order chi connectivity index (χ1) is 16.6. The van der Waals surface area contributed by atoms with Crippen LogP contribution in [-0.4, -0.2) is 40.7 Å². The van der Waals surface area contributed by atoms with Crippen LogP contribution >= 0.6 is 0 Å². The molecule has 0 atom stereocenters. The number of aromatic amines is 1. The van der Waals surface area contributed by atoms with Crippen molar-refractivity contribution in [3.63, 3.8) is 0 Å². The van der Waals surface area contributed by atoms with E-state index in [1.54, 1.807) is 30.5 Å². The quantitative estimate of drug-likeness (QED) is 0.213. The van der Waals surface area contributed by atoms with Gasteiger partial charge in [0.05, 0.1) is 12.0 Å². The molecule has 0 aliphatic heterocycles. The van der Waals surface area contributed by atoms with Crippen molar-refractivity contribution in [1.82, 2.24) is 15.0 Å². The van der Waals surface area contributed by atoms with Gasteiger partial charge in [-0.2, -0.15) is 9.97 Å². The van der Waals surface area contributed by atoms with Gasteiger partial charge in [-0.3, -0.25) is 4.79 Å². The van der Waals surface area contributed by atoms with Crippen LogP contribution in [0.15, 0.2) is 73.4 Å². The minimum atomic E-state index is -0.301. The molecular formula is C25H25N5O4. The SMILES string of the molecule is C=CC(=O)Nc1cccc(Oc2nc(Nc3ccc(OCCOCC)cc3)nc3[nH]ccc23)c1. The second-order valence-corrected chi connectivity index (χ2v) is 7.11. The summed E-state index contributed by atoms with van der Waals surface area (Å²) < 4.78 is 17.0. The predicted octanol–water partition coefficient (Wildman–Crippen LogP) is 5.03. The topological polar surface area (TPSA) is 110 Å². The van der Waals surface area contributed by atoms with Crippen molar-refractivity contribution < 1.29 is 19.0 Å². The lowest BCUT2D eigenvalue weighted by Crippen LogP contribution is -2.07. The van der Waals surface area contributed by atoms with Gasteiger partial charge in [0.2, 0.25) is 17.7 Å². The highest BCUT2D eigenvalue weighted by Gasteiger charge is 2.12. The van der Waals surface area contributed by atoms with Crippen molar-refractivity contribution in [1.29, 1.82) is 0 Å². The fourth-order valence-electron chi connectivity index (χ4n) is 3.12. The summed E-state index contributed by atoms with van der Waals surface area (Å²) in [5.41, 5.74) is 2.01. The van der Waals surface area contributed by atoms with Crippen LogP contribution in [0, 0.1) is 0 Å². The van der Waals surface area contributed by atoms with E-state index in [4.69, 9.17) is 14.2 Å². The normalized spacial score (nSPS) is 10.6. The Morgan fingerprint density at radius 3 is 2.71 bits per heavy atom. The number of hydrogen-bond donors (Lipinski definition) is 3. The number of carbonyl (C=O) groups excluding carboxylic acids is 1. The van der Waals surface area contributed by atoms with Crippen LogP contribution in [0.25, 0.3) is 11.0 Å². The third-order valence-electron chi connectivity index (χ3n) is 4.69. The fraction of sp³-hybridized carbons (Fsp3) is 0.160. The maximum atomic E-state index is 11.6. The van der Waals surface area contributed by atoms with Crippen LogP contribution in [0.4, 0.5) is 17.3 Å². The number of nitrogens with zero attached hydrogens (tertiary/aromatic N) is 2. The van der Waals surface area contributed by atoms with Crippen molar-refractivity contribution in [3.8, 4) is 17.4 Å². The Morgan fingerprint density at radius 2 is 1.91 bits per heavy atom. The Hall–Kier alpha value is -4.37. The largest absolute Gasteiger partial charge is 0.491 e. The van der Waals surface area contributed by atoms with E-state index in [1.807, 2.05) is 37.3 Å². The standard InChI is InChI=1S/C25H25N5O4/c1-3-22(31)27-18-6-5-7-20(16-18)34-24-21-12-13-26-23(21)29-25(30-24)28-17-8-10-19(11-9-17)33-15-14-32-4-2/h3,5-13,16H,1,4,14-15H2,2H3,(H,27,31)(H2,26,28,29,30). The smallest absolute Gasteiger partial charge is 0.247 e. The van der Waals surface area contributed by atoms with Crippen molar-refractivity contribution >= 4 is 34.3 Å². The monoisotopic (exact) mass is 459 g/mol. The second kappa shape index (κ2) is 11.0. The molecule has 174 valence electrons. The average molecular weight is 460 g/mol. The Balaban J connectivity index is 1.50. The molecule has 0 aliphatic carbocycles. The zero-order valence-corrected chi connectivity index (χ0v) is 18.7. The van der Waals surface area contributed by atoms with Crippen molar-refractivity contribution in [2.45, 2.75) is 6.92 Å². The molecular weight excluding hydrogens is 434 g/mol. The van der Waals surface area contributed by atoms with Gasteiger partial charge < -0.3 is 29.8 Å². The summed E-state index contributed by atoms with van der Waals surface area (Å²) in [5.74, 6) is 1.70. The first-order valence-electron chi connectivity index (χ1n) is 10.8. The number of aromatic nitrogens is 3. The zero-order valence-electron chi connectivity index (χ0n) is 18.7. The molecule has 0 unspecified atom stereocenters. The molecule has 3 N–H and O–H groups in total. The van der Waals surface area contributed by atoms with E-state index in [0.717, 1.165) is 16.8 Å². The summed E-state index contributed by atoms with van der Waals surface area (Å²) in [5, 5.41) is 6.63.